The number of benzene rings is 2. The topological polar surface area (TPSA) is 67.8 Å². The molecule has 128 valence electrons. The second kappa shape index (κ2) is 6.65. The second-order valence-corrected chi connectivity index (χ2v) is 6.87. The molecule has 2 aromatic heterocycles. The van der Waals surface area contributed by atoms with Crippen LogP contribution in [0.2, 0.25) is 0 Å². The van der Waals surface area contributed by atoms with E-state index < -0.39 is 0 Å². The minimum Gasteiger partial charge on any atom is -0.296 e. The monoisotopic (exact) mass is 360 g/mol. The minimum absolute atomic E-state index is 0.203. The van der Waals surface area contributed by atoms with E-state index in [-0.39, 0.29) is 5.91 Å². The third kappa shape index (κ3) is 2.95. The summed E-state index contributed by atoms with van der Waals surface area (Å²) in [5.74, 6) is -0.203. The normalized spacial score (nSPS) is 10.8. The number of hydrogen-bond acceptors (Lipinski definition) is 5. The van der Waals surface area contributed by atoms with E-state index in [9.17, 15) is 4.79 Å². The lowest BCUT2D eigenvalue weighted by atomic mass is 9.97. The predicted molar refractivity (Wildman–Crippen MR) is 105 cm³/mol. The Morgan fingerprint density at radius 3 is 2.54 bits per heavy atom. The molecule has 0 saturated carbocycles. The summed E-state index contributed by atoms with van der Waals surface area (Å²) in [6, 6.07) is 15.8. The Bertz CT molecular complexity index is 1090. The first-order chi connectivity index (χ1) is 12.6. The molecular weight excluding hydrogens is 344 g/mol. The highest BCUT2D eigenvalue weighted by atomic mass is 32.1. The highest BCUT2D eigenvalue weighted by molar-refractivity contribution is 7.13. The summed E-state index contributed by atoms with van der Waals surface area (Å²) < 4.78 is 0. The van der Waals surface area contributed by atoms with E-state index in [1.54, 1.807) is 5.51 Å². The summed E-state index contributed by atoms with van der Waals surface area (Å²) in [6.07, 6.45) is 0. The molecule has 2 heterocycles. The number of rotatable bonds is 3. The number of pyridine rings is 1. The molecule has 1 amide bonds. The summed E-state index contributed by atoms with van der Waals surface area (Å²) >= 11 is 1.29. The van der Waals surface area contributed by atoms with Crippen LogP contribution in [-0.2, 0) is 0 Å². The first-order valence-corrected chi connectivity index (χ1v) is 9.05. The van der Waals surface area contributed by atoms with Crippen molar-refractivity contribution in [3.8, 4) is 11.3 Å². The fourth-order valence-electron chi connectivity index (χ4n) is 2.98. The van der Waals surface area contributed by atoms with Crippen LogP contribution in [0.4, 0.5) is 5.13 Å². The zero-order valence-corrected chi connectivity index (χ0v) is 15.2. The number of fused-ring (bicyclic) bond motifs is 1. The lowest BCUT2D eigenvalue weighted by Crippen LogP contribution is -2.15. The molecule has 0 atom stereocenters. The minimum atomic E-state index is -0.203. The molecule has 0 spiro atoms. The van der Waals surface area contributed by atoms with Crippen molar-refractivity contribution in [3.63, 3.8) is 0 Å². The van der Waals surface area contributed by atoms with Gasteiger partial charge in [0.05, 0.1) is 16.8 Å². The molecule has 6 heteroatoms. The SMILES string of the molecule is Cc1ccc(-c2nc3ccccc3c(C(=O)Nc3nncs3)c2C)cc1. The molecule has 26 heavy (non-hydrogen) atoms. The van der Waals surface area contributed by atoms with Crippen molar-refractivity contribution >= 4 is 33.3 Å². The number of aryl methyl sites for hydroxylation is 1. The summed E-state index contributed by atoms with van der Waals surface area (Å²) in [6.45, 7) is 3.98. The number of para-hydroxylation sites is 1. The van der Waals surface area contributed by atoms with E-state index in [1.807, 2.05) is 62.4 Å². The molecule has 0 saturated heterocycles. The number of carbonyl (C=O) groups is 1. The van der Waals surface area contributed by atoms with Crippen molar-refractivity contribution in [2.75, 3.05) is 5.32 Å². The smallest absolute Gasteiger partial charge is 0.258 e. The number of nitrogens with one attached hydrogen (secondary N) is 1. The third-order valence-electron chi connectivity index (χ3n) is 4.27. The van der Waals surface area contributed by atoms with Crippen LogP contribution in [0, 0.1) is 13.8 Å². The van der Waals surface area contributed by atoms with Crippen molar-refractivity contribution < 1.29 is 4.79 Å². The van der Waals surface area contributed by atoms with Crippen molar-refractivity contribution in [1.29, 1.82) is 0 Å². The van der Waals surface area contributed by atoms with Crippen LogP contribution in [0.5, 0.6) is 0 Å². The van der Waals surface area contributed by atoms with Crippen LogP contribution < -0.4 is 5.32 Å². The first kappa shape index (κ1) is 16.4. The van der Waals surface area contributed by atoms with Gasteiger partial charge < -0.3 is 0 Å². The van der Waals surface area contributed by atoms with Gasteiger partial charge in [0.25, 0.3) is 5.91 Å². The molecule has 0 aliphatic carbocycles. The van der Waals surface area contributed by atoms with Crippen molar-refractivity contribution in [2.45, 2.75) is 13.8 Å². The van der Waals surface area contributed by atoms with E-state index in [0.29, 0.717) is 10.7 Å². The van der Waals surface area contributed by atoms with Crippen molar-refractivity contribution in [1.82, 2.24) is 15.2 Å². The molecule has 0 radical (unpaired) electrons. The number of nitrogens with zero attached hydrogens (tertiary/aromatic N) is 3. The molecule has 1 N–H and O–H groups in total. The maximum Gasteiger partial charge on any atom is 0.258 e. The Morgan fingerprint density at radius 1 is 1.04 bits per heavy atom. The molecular formula is C20H16N4OS. The average Bonchev–Trinajstić information content (AvgIpc) is 3.15. The standard InChI is InChI=1S/C20H16N4OS/c1-12-7-9-14(10-8-12)18-13(2)17(15-5-3-4-6-16(15)22-18)19(25)23-20-24-21-11-26-20/h3-11H,1-2H3,(H,23,24,25). The van der Waals surface area contributed by atoms with Crippen LogP contribution in [0.1, 0.15) is 21.5 Å². The zero-order chi connectivity index (χ0) is 18.1. The van der Waals surface area contributed by atoms with Crippen molar-refractivity contribution in [3.05, 3.63) is 70.7 Å². The van der Waals surface area contributed by atoms with Gasteiger partial charge in [-0.25, -0.2) is 4.98 Å². The lowest BCUT2D eigenvalue weighted by Gasteiger charge is -2.14. The molecule has 0 bridgehead atoms. The predicted octanol–water partition coefficient (Wildman–Crippen LogP) is 4.62. The van der Waals surface area contributed by atoms with E-state index >= 15 is 0 Å². The van der Waals surface area contributed by atoms with Gasteiger partial charge in [0, 0.05) is 10.9 Å². The molecule has 2 aromatic carbocycles. The van der Waals surface area contributed by atoms with Gasteiger partial charge in [0.1, 0.15) is 5.51 Å². The summed E-state index contributed by atoms with van der Waals surface area (Å²) in [5, 5.41) is 11.8. The fraction of sp³-hybridized carbons (Fsp3) is 0.100. The Labute approximate surface area is 154 Å². The Balaban J connectivity index is 1.91. The van der Waals surface area contributed by atoms with Gasteiger partial charge in [-0.2, -0.15) is 0 Å². The quantitative estimate of drug-likeness (QED) is 0.579. The van der Waals surface area contributed by atoms with E-state index in [0.717, 1.165) is 27.7 Å². The van der Waals surface area contributed by atoms with Crippen LogP contribution in [-0.4, -0.2) is 21.1 Å². The number of anilines is 1. The Morgan fingerprint density at radius 2 is 1.81 bits per heavy atom. The molecule has 0 unspecified atom stereocenters. The van der Waals surface area contributed by atoms with E-state index in [2.05, 4.69) is 15.5 Å². The molecule has 5 nitrogen and oxygen atoms in total. The summed E-state index contributed by atoms with van der Waals surface area (Å²) in [5.41, 5.74) is 6.81. The molecule has 0 aliphatic rings. The van der Waals surface area contributed by atoms with Crippen LogP contribution in [0.25, 0.3) is 22.2 Å². The highest BCUT2D eigenvalue weighted by Gasteiger charge is 2.19. The Kier molecular flexibility index (Phi) is 4.18. The van der Waals surface area contributed by atoms with Crippen LogP contribution >= 0.6 is 11.3 Å². The highest BCUT2D eigenvalue weighted by Crippen LogP contribution is 2.30. The Hall–Kier alpha value is -3.12. The van der Waals surface area contributed by atoms with Gasteiger partial charge in [-0.1, -0.05) is 59.4 Å². The van der Waals surface area contributed by atoms with E-state index in [1.165, 1.54) is 16.9 Å². The number of carbonyl (C=O) groups excluding carboxylic acids is 1. The van der Waals surface area contributed by atoms with Gasteiger partial charge in [0.15, 0.2) is 0 Å². The van der Waals surface area contributed by atoms with Gasteiger partial charge >= 0.3 is 0 Å². The van der Waals surface area contributed by atoms with Gasteiger partial charge in [-0.15, -0.1) is 10.2 Å². The van der Waals surface area contributed by atoms with Gasteiger partial charge in [-0.3, -0.25) is 10.1 Å². The summed E-state index contributed by atoms with van der Waals surface area (Å²) in [4.78, 5) is 17.8. The molecule has 0 fully saturated rings. The average molecular weight is 360 g/mol. The van der Waals surface area contributed by atoms with Gasteiger partial charge in [0.2, 0.25) is 5.13 Å². The largest absolute Gasteiger partial charge is 0.296 e. The van der Waals surface area contributed by atoms with Crippen LogP contribution in [0.3, 0.4) is 0 Å². The van der Waals surface area contributed by atoms with Gasteiger partial charge in [-0.05, 0) is 25.5 Å². The number of aromatic nitrogens is 3. The fourth-order valence-corrected chi connectivity index (χ4v) is 3.42. The maximum absolute atomic E-state index is 13.0. The van der Waals surface area contributed by atoms with E-state index in [4.69, 9.17) is 4.98 Å². The molecule has 4 rings (SSSR count). The number of hydrogen-bond donors (Lipinski definition) is 1. The second-order valence-electron chi connectivity index (χ2n) is 6.04. The number of amides is 1. The first-order valence-electron chi connectivity index (χ1n) is 8.17. The summed E-state index contributed by atoms with van der Waals surface area (Å²) in [7, 11) is 0. The molecule has 4 aromatic rings. The lowest BCUT2D eigenvalue weighted by molar-refractivity contribution is 0.102. The maximum atomic E-state index is 13.0. The van der Waals surface area contributed by atoms with Crippen molar-refractivity contribution in [2.24, 2.45) is 0 Å². The third-order valence-corrected chi connectivity index (χ3v) is 4.88. The molecule has 0 aliphatic heterocycles. The zero-order valence-electron chi connectivity index (χ0n) is 14.4. The van der Waals surface area contributed by atoms with Crippen LogP contribution in [0.15, 0.2) is 54.0 Å².